The molecule has 0 aliphatic carbocycles. The number of halogens is 1. The Kier molecular flexibility index (Phi) is 5.04. The first kappa shape index (κ1) is 18.1. The molecular formula is C19H20ClN5O. The number of hydrogen-bond acceptors (Lipinski definition) is 4. The van der Waals surface area contributed by atoms with E-state index < -0.39 is 0 Å². The average Bonchev–Trinajstić information content (AvgIpc) is 3.16. The van der Waals surface area contributed by atoms with Crippen LogP contribution in [0.15, 0.2) is 48.8 Å². The number of rotatable bonds is 5. The van der Waals surface area contributed by atoms with Crippen molar-refractivity contribution in [3.05, 3.63) is 59.4 Å². The van der Waals surface area contributed by atoms with Crippen molar-refractivity contribution in [2.75, 3.05) is 0 Å². The SMILES string of the molecule is CCC(C)(C)NC(=O)c1cc(-c2ccc(Cl)cc2)cc(-n2cnnn2)c1. The molecule has 0 bridgehead atoms. The minimum Gasteiger partial charge on any atom is -0.347 e. The molecule has 1 amide bonds. The van der Waals surface area contributed by atoms with Crippen LogP contribution >= 0.6 is 11.6 Å². The first-order chi connectivity index (χ1) is 12.4. The molecule has 0 aliphatic rings. The molecule has 0 aliphatic heterocycles. The first-order valence-electron chi connectivity index (χ1n) is 8.35. The number of amides is 1. The number of carbonyl (C=O) groups is 1. The molecule has 0 fully saturated rings. The molecule has 0 saturated carbocycles. The smallest absolute Gasteiger partial charge is 0.251 e. The van der Waals surface area contributed by atoms with Gasteiger partial charge in [0.05, 0.1) is 5.69 Å². The second-order valence-corrected chi connectivity index (χ2v) is 7.16. The lowest BCUT2D eigenvalue weighted by molar-refractivity contribution is 0.0911. The van der Waals surface area contributed by atoms with Crippen molar-refractivity contribution < 1.29 is 4.79 Å². The number of carbonyl (C=O) groups excluding carboxylic acids is 1. The van der Waals surface area contributed by atoms with Gasteiger partial charge in [0.1, 0.15) is 6.33 Å². The van der Waals surface area contributed by atoms with Gasteiger partial charge in [0, 0.05) is 16.1 Å². The Morgan fingerprint density at radius 3 is 2.50 bits per heavy atom. The Hall–Kier alpha value is -2.73. The summed E-state index contributed by atoms with van der Waals surface area (Å²) >= 11 is 5.99. The molecule has 1 N–H and O–H groups in total. The number of aromatic nitrogens is 4. The molecule has 3 rings (SSSR count). The van der Waals surface area contributed by atoms with Gasteiger partial charge in [-0.05, 0) is 72.2 Å². The molecule has 6 nitrogen and oxygen atoms in total. The molecular weight excluding hydrogens is 350 g/mol. The van der Waals surface area contributed by atoms with Crippen LogP contribution in [0.4, 0.5) is 0 Å². The monoisotopic (exact) mass is 369 g/mol. The number of benzene rings is 2. The minimum atomic E-state index is -0.289. The molecule has 0 atom stereocenters. The van der Waals surface area contributed by atoms with Crippen LogP contribution in [0.5, 0.6) is 0 Å². The van der Waals surface area contributed by atoms with Crippen LogP contribution in [0, 0.1) is 0 Å². The van der Waals surface area contributed by atoms with Crippen LogP contribution in [0.2, 0.25) is 5.02 Å². The van der Waals surface area contributed by atoms with E-state index in [2.05, 4.69) is 20.8 Å². The summed E-state index contributed by atoms with van der Waals surface area (Å²) in [7, 11) is 0. The van der Waals surface area contributed by atoms with Crippen molar-refractivity contribution in [2.24, 2.45) is 0 Å². The zero-order chi connectivity index (χ0) is 18.7. The van der Waals surface area contributed by atoms with Gasteiger partial charge >= 0.3 is 0 Å². The molecule has 0 saturated heterocycles. The van der Waals surface area contributed by atoms with Crippen LogP contribution in [0.25, 0.3) is 16.8 Å². The van der Waals surface area contributed by atoms with E-state index in [0.29, 0.717) is 16.3 Å². The van der Waals surface area contributed by atoms with E-state index in [1.807, 2.05) is 57.2 Å². The molecule has 1 aromatic heterocycles. The lowest BCUT2D eigenvalue weighted by Crippen LogP contribution is -2.42. The molecule has 26 heavy (non-hydrogen) atoms. The number of nitrogens with zero attached hydrogens (tertiary/aromatic N) is 4. The largest absolute Gasteiger partial charge is 0.347 e. The van der Waals surface area contributed by atoms with Crippen molar-refractivity contribution >= 4 is 17.5 Å². The normalized spacial score (nSPS) is 11.4. The fraction of sp³-hybridized carbons (Fsp3) is 0.263. The first-order valence-corrected chi connectivity index (χ1v) is 8.73. The Morgan fingerprint density at radius 1 is 1.15 bits per heavy atom. The van der Waals surface area contributed by atoms with E-state index in [0.717, 1.165) is 17.5 Å². The van der Waals surface area contributed by atoms with E-state index in [-0.39, 0.29) is 11.4 Å². The molecule has 1 heterocycles. The number of hydrogen-bond donors (Lipinski definition) is 1. The Morgan fingerprint density at radius 2 is 1.88 bits per heavy atom. The standard InChI is InChI=1S/C19H20ClN5O/c1-4-19(2,3)22-18(26)15-9-14(13-5-7-16(20)8-6-13)10-17(11-15)25-12-21-23-24-25/h5-12H,4H2,1-3H3,(H,22,26). The highest BCUT2D eigenvalue weighted by Crippen LogP contribution is 2.26. The fourth-order valence-corrected chi connectivity index (χ4v) is 2.56. The van der Waals surface area contributed by atoms with Gasteiger partial charge in [-0.15, -0.1) is 5.10 Å². The molecule has 134 valence electrons. The maximum absolute atomic E-state index is 12.8. The van der Waals surface area contributed by atoms with Gasteiger partial charge in [-0.3, -0.25) is 4.79 Å². The van der Waals surface area contributed by atoms with Crippen molar-refractivity contribution in [3.8, 4) is 16.8 Å². The van der Waals surface area contributed by atoms with E-state index in [9.17, 15) is 4.79 Å². The molecule has 0 radical (unpaired) electrons. The summed E-state index contributed by atoms with van der Waals surface area (Å²) < 4.78 is 1.53. The highest BCUT2D eigenvalue weighted by molar-refractivity contribution is 6.30. The predicted octanol–water partition coefficient (Wildman–Crippen LogP) is 3.90. The number of tetrazole rings is 1. The van der Waals surface area contributed by atoms with E-state index in [1.54, 1.807) is 6.07 Å². The van der Waals surface area contributed by atoms with Crippen LogP contribution in [0.1, 0.15) is 37.6 Å². The quantitative estimate of drug-likeness (QED) is 0.740. The summed E-state index contributed by atoms with van der Waals surface area (Å²) in [6.07, 6.45) is 2.33. The van der Waals surface area contributed by atoms with Crippen molar-refractivity contribution in [2.45, 2.75) is 32.7 Å². The third-order valence-electron chi connectivity index (χ3n) is 4.31. The van der Waals surface area contributed by atoms with Crippen molar-refractivity contribution in [1.82, 2.24) is 25.5 Å². The van der Waals surface area contributed by atoms with Gasteiger partial charge in [0.15, 0.2) is 0 Å². The van der Waals surface area contributed by atoms with Gasteiger partial charge in [0.2, 0.25) is 0 Å². The van der Waals surface area contributed by atoms with Gasteiger partial charge < -0.3 is 5.32 Å². The second kappa shape index (κ2) is 7.25. The van der Waals surface area contributed by atoms with Crippen LogP contribution in [-0.4, -0.2) is 31.7 Å². The van der Waals surface area contributed by atoms with Crippen LogP contribution < -0.4 is 5.32 Å². The van der Waals surface area contributed by atoms with E-state index in [1.165, 1.54) is 11.0 Å². The highest BCUT2D eigenvalue weighted by Gasteiger charge is 2.20. The minimum absolute atomic E-state index is 0.137. The second-order valence-electron chi connectivity index (χ2n) is 6.72. The van der Waals surface area contributed by atoms with Gasteiger partial charge in [-0.1, -0.05) is 30.7 Å². The van der Waals surface area contributed by atoms with E-state index in [4.69, 9.17) is 11.6 Å². The summed E-state index contributed by atoms with van der Waals surface area (Å²) in [5.74, 6) is -0.137. The van der Waals surface area contributed by atoms with Gasteiger partial charge in [0.25, 0.3) is 5.91 Å². The molecule has 0 unspecified atom stereocenters. The maximum atomic E-state index is 12.8. The average molecular weight is 370 g/mol. The van der Waals surface area contributed by atoms with Crippen LogP contribution in [0.3, 0.4) is 0 Å². The van der Waals surface area contributed by atoms with Crippen molar-refractivity contribution in [3.63, 3.8) is 0 Å². The Balaban J connectivity index is 2.06. The summed E-state index contributed by atoms with van der Waals surface area (Å²) in [5, 5.41) is 15.0. The predicted molar refractivity (Wildman–Crippen MR) is 101 cm³/mol. The molecule has 3 aromatic rings. The summed E-state index contributed by atoms with van der Waals surface area (Å²) in [6.45, 7) is 6.03. The Bertz CT molecular complexity index is 904. The molecule has 2 aromatic carbocycles. The van der Waals surface area contributed by atoms with Crippen molar-refractivity contribution in [1.29, 1.82) is 0 Å². The third-order valence-corrected chi connectivity index (χ3v) is 4.56. The van der Waals surface area contributed by atoms with Gasteiger partial charge in [-0.25, -0.2) is 4.68 Å². The summed E-state index contributed by atoms with van der Waals surface area (Å²) in [6, 6.07) is 13.0. The topological polar surface area (TPSA) is 72.7 Å². The maximum Gasteiger partial charge on any atom is 0.251 e. The Labute approximate surface area is 157 Å². The highest BCUT2D eigenvalue weighted by atomic mass is 35.5. The lowest BCUT2D eigenvalue weighted by Gasteiger charge is -2.24. The number of nitrogens with one attached hydrogen (secondary N) is 1. The molecule has 0 spiro atoms. The zero-order valence-corrected chi connectivity index (χ0v) is 15.7. The molecule has 7 heteroatoms. The summed E-state index contributed by atoms with van der Waals surface area (Å²) in [5.41, 5.74) is 2.80. The van der Waals surface area contributed by atoms with E-state index >= 15 is 0 Å². The van der Waals surface area contributed by atoms with Crippen LogP contribution in [-0.2, 0) is 0 Å². The lowest BCUT2D eigenvalue weighted by atomic mass is 9.99. The van der Waals surface area contributed by atoms with Gasteiger partial charge in [-0.2, -0.15) is 0 Å². The third kappa shape index (κ3) is 4.08. The zero-order valence-electron chi connectivity index (χ0n) is 14.9. The fourth-order valence-electron chi connectivity index (χ4n) is 2.43. The summed E-state index contributed by atoms with van der Waals surface area (Å²) in [4.78, 5) is 12.8.